The highest BCUT2D eigenvalue weighted by Crippen LogP contribution is 2.38. The van der Waals surface area contributed by atoms with Crippen LogP contribution < -0.4 is 0 Å². The lowest BCUT2D eigenvalue weighted by molar-refractivity contribution is 0.151. The Morgan fingerprint density at radius 3 is 2.56 bits per heavy atom. The molecule has 0 saturated heterocycles. The minimum absolute atomic E-state index is 0.414. The van der Waals surface area contributed by atoms with Crippen molar-refractivity contribution in [1.82, 2.24) is 0 Å². The molecule has 3 nitrogen and oxygen atoms in total. The van der Waals surface area contributed by atoms with Crippen LogP contribution >= 0.6 is 0 Å². The van der Waals surface area contributed by atoms with E-state index >= 15 is 0 Å². The molecule has 1 aromatic rings. The average molecular weight is 217 g/mol. The molecular weight excluding hydrogens is 202 g/mol. The van der Waals surface area contributed by atoms with Crippen molar-refractivity contribution in [3.63, 3.8) is 0 Å². The smallest absolute Gasteiger partial charge is 0.216 e. The van der Waals surface area contributed by atoms with Crippen molar-refractivity contribution in [2.24, 2.45) is 4.99 Å². The van der Waals surface area contributed by atoms with Gasteiger partial charge in [0.2, 0.25) is 5.90 Å². The van der Waals surface area contributed by atoms with E-state index in [9.17, 15) is 5.11 Å². The number of benzene rings is 1. The summed E-state index contributed by atoms with van der Waals surface area (Å²) in [7, 11) is 0. The second-order valence-corrected chi connectivity index (χ2v) is 4.63. The van der Waals surface area contributed by atoms with Crippen LogP contribution in [0.4, 0.5) is 0 Å². The molecule has 0 unspecified atom stereocenters. The number of rotatable bonds is 3. The highest BCUT2D eigenvalue weighted by Gasteiger charge is 2.39. The van der Waals surface area contributed by atoms with Gasteiger partial charge in [-0.2, -0.15) is 0 Å². The van der Waals surface area contributed by atoms with E-state index < -0.39 is 5.60 Å². The molecule has 1 heterocycles. The second kappa shape index (κ2) is 3.59. The third-order valence-corrected chi connectivity index (χ3v) is 3.15. The molecule has 0 atom stereocenters. The van der Waals surface area contributed by atoms with Crippen LogP contribution in [-0.4, -0.2) is 29.8 Å². The summed E-state index contributed by atoms with van der Waals surface area (Å²) in [5, 5.41) is 9.81. The van der Waals surface area contributed by atoms with Crippen LogP contribution in [0.2, 0.25) is 0 Å². The predicted molar refractivity (Wildman–Crippen MR) is 61.7 cm³/mol. The summed E-state index contributed by atoms with van der Waals surface area (Å²) in [4.78, 5) is 4.27. The quantitative estimate of drug-likeness (QED) is 0.834. The molecule has 1 N–H and O–H groups in total. The average Bonchev–Trinajstić information content (AvgIpc) is 2.83. The molecule has 0 radical (unpaired) electrons. The number of aliphatic hydroxyl groups is 1. The van der Waals surface area contributed by atoms with Crippen LogP contribution in [0.25, 0.3) is 0 Å². The molecular formula is C13H15NO2. The van der Waals surface area contributed by atoms with E-state index in [2.05, 4.69) is 17.1 Å². The minimum atomic E-state index is -0.414. The van der Waals surface area contributed by atoms with Gasteiger partial charge in [-0.1, -0.05) is 12.1 Å². The Morgan fingerprint density at radius 1 is 1.25 bits per heavy atom. The van der Waals surface area contributed by atoms with Gasteiger partial charge >= 0.3 is 0 Å². The topological polar surface area (TPSA) is 41.8 Å². The molecule has 3 heteroatoms. The number of nitrogens with zero attached hydrogens (tertiary/aromatic N) is 1. The van der Waals surface area contributed by atoms with Crippen molar-refractivity contribution in [2.75, 3.05) is 13.2 Å². The van der Waals surface area contributed by atoms with Crippen LogP contribution in [0.3, 0.4) is 0 Å². The number of hydrogen-bond donors (Lipinski definition) is 1. The van der Waals surface area contributed by atoms with E-state index in [0.29, 0.717) is 6.61 Å². The lowest BCUT2D eigenvalue weighted by Crippen LogP contribution is -2.10. The molecule has 1 saturated carbocycles. The van der Waals surface area contributed by atoms with E-state index in [1.807, 2.05) is 12.1 Å². The molecule has 1 fully saturated rings. The predicted octanol–water partition coefficient (Wildman–Crippen LogP) is 1.53. The maximum Gasteiger partial charge on any atom is 0.216 e. The molecule has 0 bridgehead atoms. The van der Waals surface area contributed by atoms with E-state index in [0.717, 1.165) is 37.3 Å². The third-order valence-electron chi connectivity index (χ3n) is 3.15. The maximum absolute atomic E-state index is 9.81. The standard InChI is InChI=1S/C13H15NO2/c15-13(5-6-13)9-10-1-3-11(4-2-10)12-14-7-8-16-12/h1-4,15H,5-9H2. The fourth-order valence-electron chi connectivity index (χ4n) is 1.98. The van der Waals surface area contributed by atoms with Gasteiger partial charge in [0.15, 0.2) is 0 Å². The minimum Gasteiger partial charge on any atom is -0.476 e. The summed E-state index contributed by atoms with van der Waals surface area (Å²) >= 11 is 0. The number of aliphatic imine (C=N–C) groups is 1. The summed E-state index contributed by atoms with van der Waals surface area (Å²) in [5.41, 5.74) is 1.80. The fourth-order valence-corrected chi connectivity index (χ4v) is 1.98. The van der Waals surface area contributed by atoms with Crippen LogP contribution in [-0.2, 0) is 11.2 Å². The molecule has 0 spiro atoms. The first kappa shape index (κ1) is 9.85. The first-order valence-electron chi connectivity index (χ1n) is 5.74. The zero-order chi connectivity index (χ0) is 11.0. The van der Waals surface area contributed by atoms with Crippen molar-refractivity contribution >= 4 is 5.90 Å². The number of hydrogen-bond acceptors (Lipinski definition) is 3. The van der Waals surface area contributed by atoms with Gasteiger partial charge in [-0.05, 0) is 30.5 Å². The van der Waals surface area contributed by atoms with Gasteiger partial charge in [-0.15, -0.1) is 0 Å². The Hall–Kier alpha value is -1.35. The van der Waals surface area contributed by atoms with Crippen LogP contribution in [0.5, 0.6) is 0 Å². The Morgan fingerprint density at radius 2 is 2.00 bits per heavy atom. The summed E-state index contributed by atoms with van der Waals surface area (Å²) in [6, 6.07) is 8.14. The molecule has 16 heavy (non-hydrogen) atoms. The van der Waals surface area contributed by atoms with E-state index in [4.69, 9.17) is 4.74 Å². The molecule has 0 amide bonds. The Kier molecular flexibility index (Phi) is 2.21. The highest BCUT2D eigenvalue weighted by molar-refractivity contribution is 5.94. The van der Waals surface area contributed by atoms with Gasteiger partial charge in [-0.3, -0.25) is 0 Å². The molecule has 1 aliphatic carbocycles. The zero-order valence-electron chi connectivity index (χ0n) is 9.15. The summed E-state index contributed by atoms with van der Waals surface area (Å²) < 4.78 is 5.39. The molecule has 1 aliphatic heterocycles. The Balaban J connectivity index is 1.74. The van der Waals surface area contributed by atoms with E-state index in [1.54, 1.807) is 0 Å². The van der Waals surface area contributed by atoms with Crippen molar-refractivity contribution in [2.45, 2.75) is 24.9 Å². The van der Waals surface area contributed by atoms with Gasteiger partial charge in [0, 0.05) is 12.0 Å². The molecule has 2 aliphatic rings. The molecule has 0 aromatic heterocycles. The largest absolute Gasteiger partial charge is 0.476 e. The van der Waals surface area contributed by atoms with E-state index in [1.165, 1.54) is 5.56 Å². The van der Waals surface area contributed by atoms with Crippen LogP contribution in [0.1, 0.15) is 24.0 Å². The highest BCUT2D eigenvalue weighted by atomic mass is 16.5. The van der Waals surface area contributed by atoms with Crippen molar-refractivity contribution < 1.29 is 9.84 Å². The summed E-state index contributed by atoms with van der Waals surface area (Å²) in [5.74, 6) is 0.747. The third kappa shape index (κ3) is 1.95. The summed E-state index contributed by atoms with van der Waals surface area (Å²) in [6.45, 7) is 1.45. The van der Waals surface area contributed by atoms with Crippen molar-refractivity contribution in [3.05, 3.63) is 35.4 Å². The normalized spacial score (nSPS) is 21.4. The Labute approximate surface area is 94.8 Å². The van der Waals surface area contributed by atoms with Crippen LogP contribution in [0, 0.1) is 0 Å². The monoisotopic (exact) mass is 217 g/mol. The van der Waals surface area contributed by atoms with Gasteiger partial charge in [0.1, 0.15) is 6.61 Å². The van der Waals surface area contributed by atoms with Gasteiger partial charge in [0.05, 0.1) is 12.1 Å². The lowest BCUT2D eigenvalue weighted by Gasteiger charge is -2.08. The maximum atomic E-state index is 9.81. The van der Waals surface area contributed by atoms with Gasteiger partial charge < -0.3 is 9.84 Å². The molecule has 1 aromatic carbocycles. The number of ether oxygens (including phenoxy) is 1. The van der Waals surface area contributed by atoms with E-state index in [-0.39, 0.29) is 0 Å². The first-order chi connectivity index (χ1) is 7.75. The molecule has 3 rings (SSSR count). The first-order valence-corrected chi connectivity index (χ1v) is 5.74. The van der Waals surface area contributed by atoms with Crippen molar-refractivity contribution in [3.8, 4) is 0 Å². The second-order valence-electron chi connectivity index (χ2n) is 4.63. The van der Waals surface area contributed by atoms with Gasteiger partial charge in [0.25, 0.3) is 0 Å². The molecule has 84 valence electrons. The van der Waals surface area contributed by atoms with Gasteiger partial charge in [-0.25, -0.2) is 4.99 Å². The summed E-state index contributed by atoms with van der Waals surface area (Å²) in [6.07, 6.45) is 2.63. The SMILES string of the molecule is OC1(Cc2ccc(C3=NCCO3)cc2)CC1. The van der Waals surface area contributed by atoms with Crippen molar-refractivity contribution in [1.29, 1.82) is 0 Å². The zero-order valence-corrected chi connectivity index (χ0v) is 9.15. The lowest BCUT2D eigenvalue weighted by atomic mass is 10.0. The Bertz CT molecular complexity index is 418. The fraction of sp³-hybridized carbons (Fsp3) is 0.462. The van der Waals surface area contributed by atoms with Crippen LogP contribution in [0.15, 0.2) is 29.3 Å².